The van der Waals surface area contributed by atoms with Crippen molar-refractivity contribution in [3.05, 3.63) is 0 Å². The van der Waals surface area contributed by atoms with Gasteiger partial charge in [0.25, 0.3) is 0 Å². The van der Waals surface area contributed by atoms with E-state index in [9.17, 15) is 0 Å². The Balaban J connectivity index is 1.83. The van der Waals surface area contributed by atoms with Crippen LogP contribution in [0.5, 0.6) is 0 Å². The van der Waals surface area contributed by atoms with Gasteiger partial charge in [0.2, 0.25) is 0 Å². The van der Waals surface area contributed by atoms with E-state index in [1.54, 1.807) is 0 Å². The van der Waals surface area contributed by atoms with Crippen LogP contribution in [-0.4, -0.2) is 23.6 Å². The molecule has 1 heterocycles. The monoisotopic (exact) mass is 224 g/mol. The van der Waals surface area contributed by atoms with E-state index in [4.69, 9.17) is 5.26 Å². The highest BCUT2D eigenvalue weighted by molar-refractivity contribution is 7.99. The second-order valence-corrected chi connectivity index (χ2v) is 5.90. The maximum atomic E-state index is 9.10. The lowest BCUT2D eigenvalue weighted by Gasteiger charge is -2.33. The van der Waals surface area contributed by atoms with Crippen molar-refractivity contribution in [1.82, 2.24) is 5.32 Å². The molecule has 3 heteroatoms. The summed E-state index contributed by atoms with van der Waals surface area (Å²) in [5.41, 5.74) is 0. The molecule has 1 saturated carbocycles. The number of hydrogen-bond donors (Lipinski definition) is 1. The maximum absolute atomic E-state index is 9.10. The van der Waals surface area contributed by atoms with E-state index in [0.29, 0.717) is 12.1 Å². The van der Waals surface area contributed by atoms with Crippen molar-refractivity contribution < 1.29 is 0 Å². The van der Waals surface area contributed by atoms with Crippen LogP contribution in [0.25, 0.3) is 0 Å². The number of hydrogen-bond acceptors (Lipinski definition) is 3. The van der Waals surface area contributed by atoms with Gasteiger partial charge in [0, 0.05) is 12.1 Å². The van der Waals surface area contributed by atoms with Crippen LogP contribution < -0.4 is 5.32 Å². The van der Waals surface area contributed by atoms with Crippen LogP contribution in [0.3, 0.4) is 0 Å². The molecule has 0 aromatic heterocycles. The molecule has 2 nitrogen and oxygen atoms in total. The van der Waals surface area contributed by atoms with Crippen molar-refractivity contribution in [2.24, 2.45) is 5.92 Å². The first-order valence-corrected chi connectivity index (χ1v) is 7.29. The fourth-order valence-electron chi connectivity index (χ4n) is 2.65. The van der Waals surface area contributed by atoms with E-state index in [1.165, 1.54) is 43.6 Å². The molecule has 0 bridgehead atoms. The largest absolute Gasteiger partial charge is 0.310 e. The molecule has 0 aromatic carbocycles. The quantitative estimate of drug-likeness (QED) is 0.783. The Morgan fingerprint density at radius 2 is 1.80 bits per heavy atom. The maximum Gasteiger partial charge on any atom is 0.0672 e. The summed E-state index contributed by atoms with van der Waals surface area (Å²) in [4.78, 5) is 0. The second kappa shape index (κ2) is 5.77. The van der Waals surface area contributed by atoms with E-state index in [0.717, 1.165) is 6.42 Å². The minimum absolute atomic E-state index is 0.272. The summed E-state index contributed by atoms with van der Waals surface area (Å²) in [6.45, 7) is 0. The highest BCUT2D eigenvalue weighted by atomic mass is 32.2. The minimum Gasteiger partial charge on any atom is -0.310 e. The molecule has 0 radical (unpaired) electrons. The third-order valence-corrected chi connectivity index (χ3v) is 4.65. The van der Waals surface area contributed by atoms with Crippen LogP contribution >= 0.6 is 11.8 Å². The van der Waals surface area contributed by atoms with Gasteiger partial charge in [0.15, 0.2) is 0 Å². The van der Waals surface area contributed by atoms with Crippen LogP contribution in [0.2, 0.25) is 0 Å². The van der Waals surface area contributed by atoms with Crippen molar-refractivity contribution in [3.63, 3.8) is 0 Å². The molecule has 0 aromatic rings. The van der Waals surface area contributed by atoms with E-state index in [-0.39, 0.29) is 5.92 Å². The number of rotatable bonds is 2. The minimum atomic E-state index is 0.272. The lowest BCUT2D eigenvalue weighted by Crippen LogP contribution is -2.45. The predicted molar refractivity (Wildman–Crippen MR) is 64.8 cm³/mol. The van der Waals surface area contributed by atoms with Gasteiger partial charge in [-0.3, -0.25) is 0 Å². The number of thioether (sulfide) groups is 1. The first-order chi connectivity index (χ1) is 7.40. The lowest BCUT2D eigenvalue weighted by molar-refractivity contribution is 0.279. The summed E-state index contributed by atoms with van der Waals surface area (Å²) in [6.07, 6.45) is 7.45. The van der Waals surface area contributed by atoms with E-state index in [2.05, 4.69) is 23.1 Å². The summed E-state index contributed by atoms with van der Waals surface area (Å²) in [5.74, 6) is 2.86. The molecular weight excluding hydrogens is 204 g/mol. The summed E-state index contributed by atoms with van der Waals surface area (Å²) in [7, 11) is 0. The molecule has 0 amide bonds. The third kappa shape index (κ3) is 3.12. The van der Waals surface area contributed by atoms with E-state index < -0.39 is 0 Å². The van der Waals surface area contributed by atoms with Crippen molar-refractivity contribution in [2.75, 3.05) is 11.5 Å². The standard InChI is InChI=1S/C12H20N2S/c13-9-10-3-1-2-4-12(10)14-11-5-7-15-8-6-11/h10-12,14H,1-8H2. The van der Waals surface area contributed by atoms with Crippen LogP contribution in [0.4, 0.5) is 0 Å². The zero-order valence-corrected chi connectivity index (χ0v) is 10.1. The van der Waals surface area contributed by atoms with Gasteiger partial charge in [-0.15, -0.1) is 0 Å². The van der Waals surface area contributed by atoms with Crippen LogP contribution in [-0.2, 0) is 0 Å². The Hall–Kier alpha value is -0.200. The van der Waals surface area contributed by atoms with Gasteiger partial charge in [0.05, 0.1) is 12.0 Å². The van der Waals surface area contributed by atoms with Gasteiger partial charge in [-0.25, -0.2) is 0 Å². The first kappa shape index (κ1) is 11.3. The average Bonchev–Trinajstić information content (AvgIpc) is 2.31. The summed E-state index contributed by atoms with van der Waals surface area (Å²) in [6, 6.07) is 3.64. The van der Waals surface area contributed by atoms with E-state index in [1.807, 2.05) is 0 Å². The Morgan fingerprint density at radius 3 is 2.53 bits per heavy atom. The van der Waals surface area contributed by atoms with Crippen LogP contribution in [0.15, 0.2) is 0 Å². The molecule has 1 N–H and O–H groups in total. The lowest BCUT2D eigenvalue weighted by atomic mass is 9.85. The Bertz CT molecular complexity index is 230. The summed E-state index contributed by atoms with van der Waals surface area (Å²) >= 11 is 2.06. The highest BCUT2D eigenvalue weighted by Gasteiger charge is 2.27. The van der Waals surface area contributed by atoms with E-state index >= 15 is 0 Å². The van der Waals surface area contributed by atoms with Crippen LogP contribution in [0.1, 0.15) is 38.5 Å². The molecule has 1 aliphatic heterocycles. The van der Waals surface area contributed by atoms with Gasteiger partial charge in [-0.05, 0) is 37.2 Å². The highest BCUT2D eigenvalue weighted by Crippen LogP contribution is 2.26. The second-order valence-electron chi connectivity index (χ2n) is 4.68. The summed E-state index contributed by atoms with van der Waals surface area (Å²) in [5, 5.41) is 12.8. The fourth-order valence-corrected chi connectivity index (χ4v) is 3.76. The molecule has 0 spiro atoms. The van der Waals surface area contributed by atoms with Gasteiger partial charge >= 0.3 is 0 Å². The van der Waals surface area contributed by atoms with Gasteiger partial charge in [-0.1, -0.05) is 12.8 Å². The molecule has 2 aliphatic rings. The van der Waals surface area contributed by atoms with Crippen molar-refractivity contribution >= 4 is 11.8 Å². The predicted octanol–water partition coefficient (Wildman–Crippen LogP) is 2.55. The van der Waals surface area contributed by atoms with Crippen molar-refractivity contribution in [1.29, 1.82) is 5.26 Å². The Kier molecular flexibility index (Phi) is 4.34. The molecule has 2 unspecified atom stereocenters. The molecule has 2 fully saturated rings. The molecule has 2 atom stereocenters. The van der Waals surface area contributed by atoms with Gasteiger partial charge in [-0.2, -0.15) is 17.0 Å². The topological polar surface area (TPSA) is 35.8 Å². The smallest absolute Gasteiger partial charge is 0.0672 e. The first-order valence-electron chi connectivity index (χ1n) is 6.13. The average molecular weight is 224 g/mol. The molecule has 1 aliphatic carbocycles. The SMILES string of the molecule is N#CC1CCCCC1NC1CCSCC1. The Morgan fingerprint density at radius 1 is 1.07 bits per heavy atom. The van der Waals surface area contributed by atoms with Gasteiger partial charge in [0.1, 0.15) is 0 Å². The van der Waals surface area contributed by atoms with Gasteiger partial charge < -0.3 is 5.32 Å². The third-order valence-electron chi connectivity index (χ3n) is 3.60. The summed E-state index contributed by atoms with van der Waals surface area (Å²) < 4.78 is 0. The number of nitrogens with zero attached hydrogens (tertiary/aromatic N) is 1. The molecule has 1 saturated heterocycles. The number of nitrogens with one attached hydrogen (secondary N) is 1. The normalized spacial score (nSPS) is 33.5. The molecule has 84 valence electrons. The van der Waals surface area contributed by atoms with Crippen molar-refractivity contribution in [2.45, 2.75) is 50.6 Å². The van der Waals surface area contributed by atoms with Crippen LogP contribution in [0, 0.1) is 17.2 Å². The molecular formula is C12H20N2S. The van der Waals surface area contributed by atoms with Crippen molar-refractivity contribution in [3.8, 4) is 6.07 Å². The number of nitriles is 1. The zero-order valence-electron chi connectivity index (χ0n) is 9.24. The fraction of sp³-hybridized carbons (Fsp3) is 0.917. The Labute approximate surface area is 96.8 Å². The molecule has 15 heavy (non-hydrogen) atoms. The zero-order chi connectivity index (χ0) is 10.5. The molecule has 2 rings (SSSR count).